The highest BCUT2D eigenvalue weighted by Crippen LogP contribution is 2.33. The van der Waals surface area contributed by atoms with Gasteiger partial charge in [0.05, 0.1) is 6.04 Å². The minimum atomic E-state index is -0.0781. The van der Waals surface area contributed by atoms with Crippen LogP contribution in [0, 0.1) is 0 Å². The van der Waals surface area contributed by atoms with Gasteiger partial charge in [-0.15, -0.1) is 0 Å². The number of halogens is 1. The molecule has 3 nitrogen and oxygen atoms in total. The highest BCUT2D eigenvalue weighted by molar-refractivity contribution is 6.32. The Balaban J connectivity index is 1.84. The fourth-order valence-corrected chi connectivity index (χ4v) is 4.90. The van der Waals surface area contributed by atoms with E-state index in [1.165, 1.54) is 11.3 Å². The molecule has 1 atom stereocenters. The molecule has 1 saturated carbocycles. The van der Waals surface area contributed by atoms with Gasteiger partial charge in [-0.2, -0.15) is 0 Å². The summed E-state index contributed by atoms with van der Waals surface area (Å²) in [6.07, 6.45) is 9.59. The van der Waals surface area contributed by atoms with Crippen molar-refractivity contribution in [2.75, 3.05) is 13.1 Å². The minimum absolute atomic E-state index is 0.0781. The lowest BCUT2D eigenvalue weighted by atomic mass is 9.81. The van der Waals surface area contributed by atoms with E-state index in [9.17, 15) is 4.79 Å². The Morgan fingerprint density at radius 1 is 1.28 bits per heavy atom. The number of hydrogen-bond acceptors (Lipinski definition) is 3. The number of benzene rings is 1. The fourth-order valence-electron chi connectivity index (χ4n) is 4.66. The van der Waals surface area contributed by atoms with Crippen LogP contribution >= 0.6 is 11.6 Å². The molecule has 2 aliphatic rings. The average Bonchev–Trinajstić information content (AvgIpc) is 2.75. The Hall–Kier alpha value is -2.36. The number of allylic oxidation sites excluding steroid dienone is 5. The molecule has 0 bridgehead atoms. The van der Waals surface area contributed by atoms with Crippen LogP contribution in [0.3, 0.4) is 0 Å². The van der Waals surface area contributed by atoms with Gasteiger partial charge in [0.1, 0.15) is 0 Å². The summed E-state index contributed by atoms with van der Waals surface area (Å²) in [4.78, 5) is 15.8. The molecular formula is C28H35ClN2O. The molecule has 0 saturated heterocycles. The summed E-state index contributed by atoms with van der Waals surface area (Å²) in [7, 11) is 0. The maximum atomic E-state index is 13.5. The third kappa shape index (κ3) is 5.33. The van der Waals surface area contributed by atoms with Crippen LogP contribution in [0.1, 0.15) is 58.9 Å². The Bertz CT molecular complexity index is 1010. The number of carbonyl (C=O) groups excluding carboxylic acids is 1. The van der Waals surface area contributed by atoms with Gasteiger partial charge in [0.25, 0.3) is 0 Å². The molecule has 1 N–H and O–H groups in total. The molecule has 1 aliphatic heterocycles. The van der Waals surface area contributed by atoms with Crippen molar-refractivity contribution in [2.45, 2.75) is 59.4 Å². The Morgan fingerprint density at radius 2 is 2.03 bits per heavy atom. The number of nitrogens with zero attached hydrogens (tertiary/aromatic N) is 1. The number of ketones is 1. The van der Waals surface area contributed by atoms with Crippen molar-refractivity contribution in [3.63, 3.8) is 0 Å². The molecule has 0 spiro atoms. The van der Waals surface area contributed by atoms with Gasteiger partial charge in [0.15, 0.2) is 5.78 Å². The summed E-state index contributed by atoms with van der Waals surface area (Å²) in [6.45, 7) is 13.9. The van der Waals surface area contributed by atoms with E-state index in [1.54, 1.807) is 6.08 Å². The topological polar surface area (TPSA) is 32.3 Å². The van der Waals surface area contributed by atoms with Crippen molar-refractivity contribution < 1.29 is 4.79 Å². The van der Waals surface area contributed by atoms with E-state index < -0.39 is 0 Å². The maximum absolute atomic E-state index is 13.5. The van der Waals surface area contributed by atoms with Crippen LogP contribution in [0.2, 0.25) is 5.02 Å². The number of carbonyl (C=O) groups is 1. The van der Waals surface area contributed by atoms with Gasteiger partial charge in [-0.1, -0.05) is 72.7 Å². The van der Waals surface area contributed by atoms with Crippen LogP contribution in [-0.2, 0) is 4.79 Å². The summed E-state index contributed by atoms with van der Waals surface area (Å²) >= 11 is 6.49. The summed E-state index contributed by atoms with van der Waals surface area (Å²) in [6, 6.07) is 7.86. The van der Waals surface area contributed by atoms with Gasteiger partial charge < -0.3 is 5.32 Å². The summed E-state index contributed by atoms with van der Waals surface area (Å²) in [5, 5.41) is 4.42. The zero-order valence-corrected chi connectivity index (χ0v) is 20.6. The standard InChI is InChI=1S/C28H35ClN2O/c1-6-10-21-14-15-26(28(32)27(21)19(3)4)31-17-16-20(5)25(18-31)30-24(11-7-2)22-12-8-9-13-23(22)29/h6,8-13,26,30H,1,7,14-18H2,2-5H3/b21-10-,24-11+. The van der Waals surface area contributed by atoms with E-state index in [4.69, 9.17) is 11.6 Å². The molecule has 32 heavy (non-hydrogen) atoms. The van der Waals surface area contributed by atoms with Crippen molar-refractivity contribution in [3.8, 4) is 0 Å². The number of rotatable bonds is 6. The lowest BCUT2D eigenvalue weighted by Crippen LogP contribution is -2.48. The number of nitrogens with one attached hydrogen (secondary N) is 1. The lowest BCUT2D eigenvalue weighted by Gasteiger charge is -2.39. The largest absolute Gasteiger partial charge is 0.358 e. The van der Waals surface area contributed by atoms with Gasteiger partial charge >= 0.3 is 0 Å². The van der Waals surface area contributed by atoms with Crippen molar-refractivity contribution in [1.29, 1.82) is 0 Å². The predicted octanol–water partition coefficient (Wildman–Crippen LogP) is 6.84. The first-order valence-corrected chi connectivity index (χ1v) is 11.9. The molecule has 1 fully saturated rings. The molecule has 4 heteroatoms. The molecule has 3 rings (SSSR count). The first-order valence-electron chi connectivity index (χ1n) is 11.6. The summed E-state index contributed by atoms with van der Waals surface area (Å²) < 4.78 is 0. The van der Waals surface area contributed by atoms with E-state index >= 15 is 0 Å². The Kier molecular flexibility index (Phi) is 8.33. The smallest absolute Gasteiger partial charge is 0.180 e. The van der Waals surface area contributed by atoms with Crippen molar-refractivity contribution in [2.24, 2.45) is 0 Å². The van der Waals surface area contributed by atoms with E-state index in [0.29, 0.717) is 0 Å². The maximum Gasteiger partial charge on any atom is 0.180 e. The zero-order valence-electron chi connectivity index (χ0n) is 19.8. The molecule has 1 aromatic carbocycles. The first-order chi connectivity index (χ1) is 15.4. The number of Topliss-reactive ketones (excluding diaryl/α,β-unsaturated/α-hetero) is 1. The van der Waals surface area contributed by atoms with Crippen molar-refractivity contribution in [3.05, 3.63) is 87.6 Å². The van der Waals surface area contributed by atoms with Crippen molar-refractivity contribution >= 4 is 23.1 Å². The highest BCUT2D eigenvalue weighted by atomic mass is 35.5. The molecule has 0 aromatic heterocycles. The van der Waals surface area contributed by atoms with Crippen molar-refractivity contribution in [1.82, 2.24) is 10.2 Å². The molecule has 1 aliphatic carbocycles. The van der Waals surface area contributed by atoms with Gasteiger partial charge in [-0.05, 0) is 58.1 Å². The van der Waals surface area contributed by atoms with E-state index in [2.05, 4.69) is 36.7 Å². The quantitative estimate of drug-likeness (QED) is 0.481. The Morgan fingerprint density at radius 3 is 2.69 bits per heavy atom. The summed E-state index contributed by atoms with van der Waals surface area (Å²) in [5.41, 5.74) is 7.66. The van der Waals surface area contributed by atoms with Gasteiger partial charge in [0, 0.05) is 40.6 Å². The second-order valence-electron chi connectivity index (χ2n) is 8.83. The second-order valence-corrected chi connectivity index (χ2v) is 9.24. The SMILES string of the molecule is C=C/C=C1/CCC(N2CCC(C)=C(N/C(=C/CC)c3ccccc3Cl)C2)C(=O)C1=C(C)C. The zero-order chi connectivity index (χ0) is 23.3. The average molecular weight is 451 g/mol. The summed E-state index contributed by atoms with van der Waals surface area (Å²) in [5.74, 6) is 0.249. The Labute approximate surface area is 198 Å². The van der Waals surface area contributed by atoms with Crippen LogP contribution in [0.4, 0.5) is 0 Å². The number of hydrogen-bond donors (Lipinski definition) is 1. The third-order valence-corrected chi connectivity index (χ3v) is 6.65. The van der Waals surface area contributed by atoms with Crippen LogP contribution in [0.25, 0.3) is 5.70 Å². The highest BCUT2D eigenvalue weighted by Gasteiger charge is 2.35. The van der Waals surface area contributed by atoms with Crippen LogP contribution < -0.4 is 5.32 Å². The normalized spacial score (nSPS) is 21.8. The fraction of sp³-hybridized carbons (Fsp3) is 0.393. The lowest BCUT2D eigenvalue weighted by molar-refractivity contribution is -0.121. The predicted molar refractivity (Wildman–Crippen MR) is 136 cm³/mol. The minimum Gasteiger partial charge on any atom is -0.358 e. The van der Waals surface area contributed by atoms with Crippen LogP contribution in [-0.4, -0.2) is 29.8 Å². The molecule has 170 valence electrons. The molecule has 0 radical (unpaired) electrons. The van der Waals surface area contributed by atoms with Gasteiger partial charge in [-0.25, -0.2) is 0 Å². The van der Waals surface area contributed by atoms with Crippen LogP contribution in [0.15, 0.2) is 77.1 Å². The molecule has 1 unspecified atom stereocenters. The molecular weight excluding hydrogens is 416 g/mol. The third-order valence-electron chi connectivity index (χ3n) is 6.33. The van der Waals surface area contributed by atoms with Gasteiger partial charge in [-0.3, -0.25) is 9.69 Å². The van der Waals surface area contributed by atoms with Crippen LogP contribution in [0.5, 0.6) is 0 Å². The van der Waals surface area contributed by atoms with Gasteiger partial charge in [0.2, 0.25) is 0 Å². The molecule has 1 heterocycles. The first kappa shape index (κ1) is 24.3. The van der Waals surface area contributed by atoms with E-state index in [-0.39, 0.29) is 11.8 Å². The molecule has 0 amide bonds. The van der Waals surface area contributed by atoms with E-state index in [0.717, 1.165) is 71.8 Å². The second kappa shape index (κ2) is 11.0. The van der Waals surface area contributed by atoms with E-state index in [1.807, 2.05) is 44.2 Å². The molecule has 1 aromatic rings. The monoisotopic (exact) mass is 450 g/mol.